The Balaban J connectivity index is 2.80. The molecule has 0 aromatic rings. The number of carbonyl (C=O) groups excluding carboxylic acids is 2. The van der Waals surface area contributed by atoms with Crippen LogP contribution in [0.2, 0.25) is 0 Å². The van der Waals surface area contributed by atoms with Gasteiger partial charge in [0.25, 0.3) is 5.91 Å². The highest BCUT2D eigenvalue weighted by Gasteiger charge is 2.38. The molecule has 1 aliphatic rings. The maximum absolute atomic E-state index is 12.5. The molecule has 1 aliphatic heterocycles. The first kappa shape index (κ1) is 18.7. The molecule has 1 heterocycles. The summed E-state index contributed by atoms with van der Waals surface area (Å²) in [6, 6.07) is 0. The smallest absolute Gasteiger partial charge is 0.410 e. The molecular weight excluding hydrogens is 284 g/mol. The third kappa shape index (κ3) is 5.16. The summed E-state index contributed by atoms with van der Waals surface area (Å²) in [7, 11) is 3.08. The Kier molecular flexibility index (Phi) is 6.66. The van der Waals surface area contributed by atoms with E-state index in [2.05, 4.69) is 6.92 Å². The zero-order valence-electron chi connectivity index (χ0n) is 14.7. The molecular formula is C16H30N2O4. The zero-order valence-corrected chi connectivity index (χ0v) is 14.7. The van der Waals surface area contributed by atoms with E-state index in [0.717, 1.165) is 19.3 Å². The molecule has 22 heavy (non-hydrogen) atoms. The molecule has 0 bridgehead atoms. The third-order valence-corrected chi connectivity index (χ3v) is 3.97. The van der Waals surface area contributed by atoms with Gasteiger partial charge >= 0.3 is 6.09 Å². The molecule has 0 aliphatic carbocycles. The third-order valence-electron chi connectivity index (χ3n) is 3.97. The minimum absolute atomic E-state index is 0.0748. The van der Waals surface area contributed by atoms with Crippen LogP contribution in [-0.2, 0) is 14.4 Å². The van der Waals surface area contributed by atoms with Crippen molar-refractivity contribution >= 4 is 12.0 Å². The summed E-state index contributed by atoms with van der Waals surface area (Å²) in [5.74, 6) is -0.0193. The standard InChI is InChI=1S/C16H30N2O4/c1-7-8-12-9-10-18(15(20)22-16(2,3)4)11-13(12)14(19)17(5)21-6/h12-13H,7-11H2,1-6H3. The van der Waals surface area contributed by atoms with Gasteiger partial charge in [0.15, 0.2) is 0 Å². The Bertz CT molecular complexity index is 392. The maximum Gasteiger partial charge on any atom is 0.410 e. The average Bonchev–Trinajstić information content (AvgIpc) is 2.44. The fourth-order valence-electron chi connectivity index (χ4n) is 2.81. The van der Waals surface area contributed by atoms with Gasteiger partial charge in [0.2, 0.25) is 0 Å². The van der Waals surface area contributed by atoms with Crippen molar-refractivity contribution in [3.63, 3.8) is 0 Å². The van der Waals surface area contributed by atoms with Crippen LogP contribution in [0.3, 0.4) is 0 Å². The first-order chi connectivity index (χ1) is 10.2. The van der Waals surface area contributed by atoms with Gasteiger partial charge in [-0.25, -0.2) is 9.86 Å². The number of rotatable bonds is 4. The lowest BCUT2D eigenvalue weighted by atomic mass is 9.82. The predicted octanol–water partition coefficient (Wildman–Crippen LogP) is 2.68. The number of hydroxylamine groups is 2. The van der Waals surface area contributed by atoms with E-state index in [1.165, 1.54) is 12.2 Å². The average molecular weight is 314 g/mol. The van der Waals surface area contributed by atoms with Crippen molar-refractivity contribution in [2.45, 2.75) is 52.6 Å². The number of carbonyl (C=O) groups is 2. The first-order valence-electron chi connectivity index (χ1n) is 7.99. The summed E-state index contributed by atoms with van der Waals surface area (Å²) in [6.07, 6.45) is 2.48. The number of amides is 2. The van der Waals surface area contributed by atoms with Gasteiger partial charge in [-0.05, 0) is 39.5 Å². The van der Waals surface area contributed by atoms with Gasteiger partial charge in [-0.3, -0.25) is 9.63 Å². The van der Waals surface area contributed by atoms with E-state index in [1.54, 1.807) is 11.9 Å². The summed E-state index contributed by atoms with van der Waals surface area (Å²) in [5.41, 5.74) is -0.528. The molecule has 128 valence electrons. The number of hydrogen-bond donors (Lipinski definition) is 0. The van der Waals surface area contributed by atoms with Crippen LogP contribution in [0.4, 0.5) is 4.79 Å². The lowest BCUT2D eigenvalue weighted by molar-refractivity contribution is -0.177. The SMILES string of the molecule is CCCC1CCN(C(=O)OC(C)(C)C)CC1C(=O)N(C)OC. The van der Waals surface area contributed by atoms with Crippen LogP contribution in [0.1, 0.15) is 47.0 Å². The van der Waals surface area contributed by atoms with Gasteiger partial charge in [-0.15, -0.1) is 0 Å². The van der Waals surface area contributed by atoms with Crippen molar-refractivity contribution in [2.75, 3.05) is 27.2 Å². The number of piperidine rings is 1. The van der Waals surface area contributed by atoms with E-state index < -0.39 is 5.60 Å². The molecule has 0 radical (unpaired) electrons. The minimum Gasteiger partial charge on any atom is -0.444 e. The van der Waals surface area contributed by atoms with Gasteiger partial charge in [0, 0.05) is 20.1 Å². The number of likely N-dealkylation sites (tertiary alicyclic amines) is 1. The van der Waals surface area contributed by atoms with Crippen molar-refractivity contribution in [1.29, 1.82) is 0 Å². The van der Waals surface area contributed by atoms with Crippen LogP contribution in [0, 0.1) is 11.8 Å². The Morgan fingerprint density at radius 1 is 1.32 bits per heavy atom. The lowest BCUT2D eigenvalue weighted by Crippen LogP contribution is -2.50. The highest BCUT2D eigenvalue weighted by Crippen LogP contribution is 2.30. The van der Waals surface area contributed by atoms with E-state index in [9.17, 15) is 9.59 Å². The minimum atomic E-state index is -0.528. The molecule has 6 heteroatoms. The van der Waals surface area contributed by atoms with E-state index >= 15 is 0 Å². The van der Waals surface area contributed by atoms with Crippen molar-refractivity contribution in [3.8, 4) is 0 Å². The normalized spacial score (nSPS) is 22.4. The number of ether oxygens (including phenoxy) is 1. The van der Waals surface area contributed by atoms with Crippen LogP contribution < -0.4 is 0 Å². The Labute approximate surface area is 133 Å². The van der Waals surface area contributed by atoms with Crippen LogP contribution in [0.5, 0.6) is 0 Å². The Morgan fingerprint density at radius 3 is 2.45 bits per heavy atom. The second-order valence-electron chi connectivity index (χ2n) is 6.89. The fourth-order valence-corrected chi connectivity index (χ4v) is 2.81. The summed E-state index contributed by atoms with van der Waals surface area (Å²) in [4.78, 5) is 31.4. The van der Waals surface area contributed by atoms with E-state index in [0.29, 0.717) is 13.1 Å². The number of hydrogen-bond acceptors (Lipinski definition) is 4. The monoisotopic (exact) mass is 314 g/mol. The van der Waals surface area contributed by atoms with Gasteiger partial charge in [-0.2, -0.15) is 0 Å². The van der Waals surface area contributed by atoms with Gasteiger partial charge in [0.05, 0.1) is 13.0 Å². The van der Waals surface area contributed by atoms with Crippen molar-refractivity contribution < 1.29 is 19.2 Å². The van der Waals surface area contributed by atoms with Gasteiger partial charge < -0.3 is 9.64 Å². The quantitative estimate of drug-likeness (QED) is 0.749. The molecule has 0 saturated carbocycles. The highest BCUT2D eigenvalue weighted by atomic mass is 16.7. The second-order valence-corrected chi connectivity index (χ2v) is 6.89. The molecule has 6 nitrogen and oxygen atoms in total. The maximum atomic E-state index is 12.5. The van der Waals surface area contributed by atoms with Crippen LogP contribution in [0.25, 0.3) is 0 Å². The molecule has 0 spiro atoms. The van der Waals surface area contributed by atoms with E-state index in [-0.39, 0.29) is 23.8 Å². The number of nitrogens with zero attached hydrogens (tertiary/aromatic N) is 2. The molecule has 0 N–H and O–H groups in total. The molecule has 2 amide bonds. The molecule has 2 unspecified atom stereocenters. The summed E-state index contributed by atoms with van der Waals surface area (Å²) in [5, 5.41) is 1.26. The van der Waals surface area contributed by atoms with Crippen molar-refractivity contribution in [3.05, 3.63) is 0 Å². The largest absolute Gasteiger partial charge is 0.444 e. The Hall–Kier alpha value is -1.30. The molecule has 1 rings (SSSR count). The molecule has 1 fully saturated rings. The molecule has 0 aromatic heterocycles. The van der Waals surface area contributed by atoms with Crippen molar-refractivity contribution in [1.82, 2.24) is 9.96 Å². The van der Waals surface area contributed by atoms with Crippen LogP contribution >= 0.6 is 0 Å². The summed E-state index contributed by atoms with van der Waals surface area (Å²) >= 11 is 0. The summed E-state index contributed by atoms with van der Waals surface area (Å²) in [6.45, 7) is 8.68. The van der Waals surface area contributed by atoms with E-state index in [1.807, 2.05) is 20.8 Å². The van der Waals surface area contributed by atoms with Crippen LogP contribution in [-0.4, -0.2) is 54.8 Å². The van der Waals surface area contributed by atoms with Crippen LogP contribution in [0.15, 0.2) is 0 Å². The van der Waals surface area contributed by atoms with Crippen molar-refractivity contribution in [2.24, 2.45) is 11.8 Å². The topological polar surface area (TPSA) is 59.1 Å². The van der Waals surface area contributed by atoms with Gasteiger partial charge in [0.1, 0.15) is 5.60 Å². The lowest BCUT2D eigenvalue weighted by Gasteiger charge is -2.39. The van der Waals surface area contributed by atoms with Gasteiger partial charge in [-0.1, -0.05) is 13.3 Å². The highest BCUT2D eigenvalue weighted by molar-refractivity contribution is 5.79. The Morgan fingerprint density at radius 2 is 1.95 bits per heavy atom. The summed E-state index contributed by atoms with van der Waals surface area (Å²) < 4.78 is 5.42. The molecule has 1 saturated heterocycles. The predicted molar refractivity (Wildman–Crippen MR) is 84.1 cm³/mol. The van der Waals surface area contributed by atoms with E-state index in [4.69, 9.17) is 9.57 Å². The molecule has 2 atom stereocenters. The fraction of sp³-hybridized carbons (Fsp3) is 0.875. The zero-order chi connectivity index (χ0) is 16.9. The molecule has 0 aromatic carbocycles. The first-order valence-corrected chi connectivity index (χ1v) is 7.99. The second kappa shape index (κ2) is 7.81.